The van der Waals surface area contributed by atoms with Crippen molar-refractivity contribution in [2.75, 3.05) is 23.8 Å². The van der Waals surface area contributed by atoms with Gasteiger partial charge < -0.3 is 10.5 Å². The standard InChI is InChI=1S/C15H21NO2S2/c16-12-2-1-3-13(10-12)20(17)14-4-7-18-15(11-14)5-8-19-9-6-15/h1-3,10,14H,4-9,11,16H2. The van der Waals surface area contributed by atoms with E-state index in [0.717, 1.165) is 48.7 Å². The van der Waals surface area contributed by atoms with E-state index in [1.54, 1.807) is 0 Å². The minimum absolute atomic E-state index is 0.00977. The van der Waals surface area contributed by atoms with Gasteiger partial charge in [0.05, 0.1) is 16.4 Å². The summed E-state index contributed by atoms with van der Waals surface area (Å²) in [5, 5.41) is 0.202. The maximum absolute atomic E-state index is 12.8. The van der Waals surface area contributed by atoms with Crippen LogP contribution in [0, 0.1) is 0 Å². The molecule has 110 valence electrons. The summed E-state index contributed by atoms with van der Waals surface area (Å²) in [5.41, 5.74) is 6.48. The number of hydrogen-bond acceptors (Lipinski definition) is 4. The van der Waals surface area contributed by atoms with Crippen molar-refractivity contribution in [3.05, 3.63) is 24.3 Å². The average molecular weight is 311 g/mol. The summed E-state index contributed by atoms with van der Waals surface area (Å²) >= 11 is 2.00. The van der Waals surface area contributed by atoms with Gasteiger partial charge >= 0.3 is 0 Å². The van der Waals surface area contributed by atoms with E-state index in [0.29, 0.717) is 5.69 Å². The Morgan fingerprint density at radius 1 is 1.35 bits per heavy atom. The van der Waals surface area contributed by atoms with E-state index in [2.05, 4.69) is 0 Å². The Hall–Kier alpha value is -0.520. The number of nitrogens with two attached hydrogens (primary N) is 1. The first-order valence-corrected chi connectivity index (χ1v) is 9.53. The van der Waals surface area contributed by atoms with E-state index in [1.165, 1.54) is 0 Å². The molecule has 1 spiro atoms. The van der Waals surface area contributed by atoms with E-state index >= 15 is 0 Å². The van der Waals surface area contributed by atoms with Crippen LogP contribution in [0.2, 0.25) is 0 Å². The molecule has 0 amide bonds. The molecule has 2 saturated heterocycles. The Morgan fingerprint density at radius 3 is 2.90 bits per heavy atom. The summed E-state index contributed by atoms with van der Waals surface area (Å²) in [7, 11) is -0.975. The van der Waals surface area contributed by atoms with Gasteiger partial charge in [-0.1, -0.05) is 6.07 Å². The molecule has 0 saturated carbocycles. The van der Waals surface area contributed by atoms with Gasteiger partial charge in [0.15, 0.2) is 0 Å². The molecule has 5 heteroatoms. The minimum Gasteiger partial charge on any atom is -0.399 e. The zero-order valence-corrected chi connectivity index (χ0v) is 13.2. The van der Waals surface area contributed by atoms with Crippen LogP contribution in [0.3, 0.4) is 0 Å². The fraction of sp³-hybridized carbons (Fsp3) is 0.600. The summed E-state index contributed by atoms with van der Waals surface area (Å²) in [4.78, 5) is 0.859. The number of benzene rings is 1. The fourth-order valence-corrected chi connectivity index (χ4v) is 5.94. The van der Waals surface area contributed by atoms with Gasteiger partial charge in [-0.2, -0.15) is 11.8 Å². The van der Waals surface area contributed by atoms with E-state index in [1.807, 2.05) is 36.0 Å². The largest absolute Gasteiger partial charge is 0.399 e. The highest BCUT2D eigenvalue weighted by atomic mass is 32.2. The van der Waals surface area contributed by atoms with Crippen LogP contribution in [0.4, 0.5) is 5.69 Å². The second-order valence-corrected chi connectivity index (χ2v) is 8.59. The SMILES string of the molecule is Nc1cccc(S(=O)C2CCOC3(CCSCC3)C2)c1. The molecule has 2 N–H and O–H groups in total. The van der Waals surface area contributed by atoms with E-state index in [9.17, 15) is 4.21 Å². The number of nitrogen functional groups attached to an aromatic ring is 1. The van der Waals surface area contributed by atoms with Crippen LogP contribution in [0.15, 0.2) is 29.2 Å². The molecule has 0 radical (unpaired) electrons. The molecule has 2 heterocycles. The Bertz CT molecular complexity index is 495. The van der Waals surface area contributed by atoms with Gasteiger partial charge in [-0.15, -0.1) is 0 Å². The third-order valence-electron chi connectivity index (χ3n) is 4.24. The topological polar surface area (TPSA) is 52.3 Å². The number of ether oxygens (including phenoxy) is 1. The second-order valence-electron chi connectivity index (χ2n) is 5.63. The van der Waals surface area contributed by atoms with E-state index < -0.39 is 10.8 Å². The van der Waals surface area contributed by atoms with Gasteiger partial charge in [0, 0.05) is 22.4 Å². The molecule has 1 aromatic rings. The molecule has 20 heavy (non-hydrogen) atoms. The smallest absolute Gasteiger partial charge is 0.0709 e. The van der Waals surface area contributed by atoms with Crippen LogP contribution in [0.25, 0.3) is 0 Å². The van der Waals surface area contributed by atoms with E-state index in [4.69, 9.17) is 10.5 Å². The molecule has 2 atom stereocenters. The molecule has 0 aromatic heterocycles. The Balaban J connectivity index is 1.74. The zero-order valence-electron chi connectivity index (χ0n) is 11.5. The fourth-order valence-electron chi connectivity index (χ4n) is 3.09. The molecule has 0 aliphatic carbocycles. The summed E-state index contributed by atoms with van der Waals surface area (Å²) < 4.78 is 18.8. The molecule has 2 fully saturated rings. The lowest BCUT2D eigenvalue weighted by Gasteiger charge is -2.43. The maximum atomic E-state index is 12.8. The third-order valence-corrected chi connectivity index (χ3v) is 6.96. The van der Waals surface area contributed by atoms with Gasteiger partial charge in [0.1, 0.15) is 0 Å². The van der Waals surface area contributed by atoms with Crippen molar-refractivity contribution >= 4 is 28.2 Å². The van der Waals surface area contributed by atoms with Gasteiger partial charge in [-0.25, -0.2) is 0 Å². The minimum atomic E-state index is -0.975. The van der Waals surface area contributed by atoms with Crippen molar-refractivity contribution in [1.82, 2.24) is 0 Å². The van der Waals surface area contributed by atoms with Crippen LogP contribution >= 0.6 is 11.8 Å². The molecule has 3 nitrogen and oxygen atoms in total. The maximum Gasteiger partial charge on any atom is 0.0709 e. The highest BCUT2D eigenvalue weighted by Crippen LogP contribution is 2.39. The molecule has 2 aliphatic heterocycles. The Morgan fingerprint density at radius 2 is 2.15 bits per heavy atom. The van der Waals surface area contributed by atoms with Crippen molar-refractivity contribution in [2.45, 2.75) is 41.4 Å². The van der Waals surface area contributed by atoms with Crippen molar-refractivity contribution in [3.8, 4) is 0 Å². The molecule has 0 bridgehead atoms. The first-order chi connectivity index (χ1) is 9.69. The lowest BCUT2D eigenvalue weighted by Crippen LogP contribution is -2.45. The number of thioether (sulfide) groups is 1. The lowest BCUT2D eigenvalue weighted by molar-refractivity contribution is -0.0809. The molecule has 1 aromatic carbocycles. The van der Waals surface area contributed by atoms with Crippen molar-refractivity contribution in [1.29, 1.82) is 0 Å². The quantitative estimate of drug-likeness (QED) is 0.853. The molecule has 3 rings (SSSR count). The van der Waals surface area contributed by atoms with Gasteiger partial charge in [0.2, 0.25) is 0 Å². The monoisotopic (exact) mass is 311 g/mol. The molecular formula is C15H21NO2S2. The summed E-state index contributed by atoms with van der Waals surface area (Å²) in [6, 6.07) is 7.49. The first kappa shape index (κ1) is 14.4. The summed E-state index contributed by atoms with van der Waals surface area (Å²) in [5.74, 6) is 2.33. The molecule has 2 aliphatic rings. The lowest BCUT2D eigenvalue weighted by atomic mass is 9.88. The van der Waals surface area contributed by atoms with Crippen molar-refractivity contribution in [3.63, 3.8) is 0 Å². The molecule has 2 unspecified atom stereocenters. The van der Waals surface area contributed by atoms with Crippen LogP contribution in [-0.2, 0) is 15.5 Å². The van der Waals surface area contributed by atoms with Gasteiger partial charge in [0.25, 0.3) is 0 Å². The second kappa shape index (κ2) is 6.08. The summed E-state index contributed by atoms with van der Waals surface area (Å²) in [6.45, 7) is 0.739. The Labute approximate surface area is 127 Å². The number of rotatable bonds is 2. The van der Waals surface area contributed by atoms with Crippen LogP contribution in [0.5, 0.6) is 0 Å². The van der Waals surface area contributed by atoms with Crippen LogP contribution in [-0.4, -0.2) is 33.2 Å². The third kappa shape index (κ3) is 3.05. The van der Waals surface area contributed by atoms with Crippen LogP contribution in [0.1, 0.15) is 25.7 Å². The summed E-state index contributed by atoms with van der Waals surface area (Å²) in [6.07, 6.45) is 4.01. The zero-order chi connectivity index (χ0) is 14.0. The van der Waals surface area contributed by atoms with Crippen molar-refractivity contribution in [2.24, 2.45) is 0 Å². The normalized spacial score (nSPS) is 27.3. The van der Waals surface area contributed by atoms with E-state index in [-0.39, 0.29) is 10.9 Å². The van der Waals surface area contributed by atoms with Gasteiger partial charge in [-0.05, 0) is 55.4 Å². The van der Waals surface area contributed by atoms with Crippen LogP contribution < -0.4 is 5.73 Å². The molecular weight excluding hydrogens is 290 g/mol. The predicted octanol–water partition coefficient (Wildman–Crippen LogP) is 2.82. The van der Waals surface area contributed by atoms with Crippen molar-refractivity contribution < 1.29 is 8.95 Å². The predicted molar refractivity (Wildman–Crippen MR) is 85.5 cm³/mol. The Kier molecular flexibility index (Phi) is 4.38. The average Bonchev–Trinajstić information content (AvgIpc) is 2.47. The highest BCUT2D eigenvalue weighted by molar-refractivity contribution is 7.99. The van der Waals surface area contributed by atoms with Gasteiger partial charge in [-0.3, -0.25) is 4.21 Å². The number of hydrogen-bond donors (Lipinski definition) is 1. The highest BCUT2D eigenvalue weighted by Gasteiger charge is 2.40. The number of anilines is 1. The first-order valence-electron chi connectivity index (χ1n) is 7.16.